The molecule has 0 bridgehead atoms. The van der Waals surface area contributed by atoms with Gasteiger partial charge in [-0.3, -0.25) is 9.78 Å². The predicted octanol–water partition coefficient (Wildman–Crippen LogP) is 4.72. The molecular formula is C23H21ClFN3O2. The molecule has 2 aromatic carbocycles. The highest BCUT2D eigenvalue weighted by Gasteiger charge is 2.26. The van der Waals surface area contributed by atoms with E-state index in [0.717, 1.165) is 29.8 Å². The number of amides is 1. The summed E-state index contributed by atoms with van der Waals surface area (Å²) >= 11 is 6.10. The fourth-order valence-electron chi connectivity index (χ4n) is 3.58. The molecule has 0 aliphatic carbocycles. The first kappa shape index (κ1) is 20.3. The van der Waals surface area contributed by atoms with Gasteiger partial charge in [0.2, 0.25) is 0 Å². The Morgan fingerprint density at radius 2 is 2.03 bits per heavy atom. The maximum atomic E-state index is 13.0. The maximum absolute atomic E-state index is 13.0. The molecule has 5 nitrogen and oxygen atoms in total. The number of ether oxygens (including phenoxy) is 1. The van der Waals surface area contributed by atoms with E-state index in [2.05, 4.69) is 4.98 Å². The van der Waals surface area contributed by atoms with Crippen LogP contribution in [0.3, 0.4) is 0 Å². The minimum atomic E-state index is -0.339. The number of benzene rings is 2. The molecule has 1 aliphatic rings. The van der Waals surface area contributed by atoms with Gasteiger partial charge in [-0.2, -0.15) is 0 Å². The summed E-state index contributed by atoms with van der Waals surface area (Å²) in [5, 5.41) is 0.648. The van der Waals surface area contributed by atoms with E-state index in [1.54, 1.807) is 17.3 Å². The summed E-state index contributed by atoms with van der Waals surface area (Å²) in [6, 6.07) is 13.2. The van der Waals surface area contributed by atoms with Gasteiger partial charge < -0.3 is 9.64 Å². The number of carbonyl (C=O) groups excluding carboxylic acids is 1. The summed E-state index contributed by atoms with van der Waals surface area (Å²) < 4.78 is 18.5. The van der Waals surface area contributed by atoms with E-state index in [1.807, 2.05) is 24.3 Å². The van der Waals surface area contributed by atoms with Crippen molar-refractivity contribution in [3.8, 4) is 17.0 Å². The molecule has 1 aromatic heterocycles. The van der Waals surface area contributed by atoms with E-state index in [-0.39, 0.29) is 24.2 Å². The highest BCUT2D eigenvalue weighted by Crippen LogP contribution is 2.28. The number of hydrogen-bond acceptors (Lipinski definition) is 4. The molecule has 1 amide bonds. The molecule has 1 atom stereocenters. The molecule has 0 radical (unpaired) electrons. The van der Waals surface area contributed by atoms with Crippen molar-refractivity contribution in [3.63, 3.8) is 0 Å². The van der Waals surface area contributed by atoms with Gasteiger partial charge >= 0.3 is 0 Å². The second-order valence-corrected chi connectivity index (χ2v) is 7.70. The Morgan fingerprint density at radius 1 is 1.20 bits per heavy atom. The van der Waals surface area contributed by atoms with E-state index in [4.69, 9.17) is 21.3 Å². The third-order valence-corrected chi connectivity index (χ3v) is 5.38. The van der Waals surface area contributed by atoms with Gasteiger partial charge in [-0.15, -0.1) is 0 Å². The van der Waals surface area contributed by atoms with Crippen LogP contribution in [0.5, 0.6) is 5.75 Å². The van der Waals surface area contributed by atoms with E-state index >= 15 is 0 Å². The molecular weight excluding hydrogens is 405 g/mol. The zero-order valence-corrected chi connectivity index (χ0v) is 17.1. The van der Waals surface area contributed by atoms with E-state index < -0.39 is 0 Å². The van der Waals surface area contributed by atoms with Crippen LogP contribution >= 0.6 is 11.6 Å². The largest absolute Gasteiger partial charge is 0.484 e. The van der Waals surface area contributed by atoms with Crippen LogP contribution in [-0.2, 0) is 4.79 Å². The number of hydrogen-bond donors (Lipinski definition) is 0. The van der Waals surface area contributed by atoms with Crippen LogP contribution in [0.1, 0.15) is 24.5 Å². The van der Waals surface area contributed by atoms with Crippen molar-refractivity contribution in [2.75, 3.05) is 19.7 Å². The zero-order chi connectivity index (χ0) is 20.9. The normalized spacial score (nSPS) is 16.3. The van der Waals surface area contributed by atoms with Gasteiger partial charge in [0.1, 0.15) is 11.6 Å². The summed E-state index contributed by atoms with van der Waals surface area (Å²) in [4.78, 5) is 23.5. The van der Waals surface area contributed by atoms with Crippen molar-refractivity contribution in [2.45, 2.75) is 18.8 Å². The Labute approximate surface area is 179 Å². The second kappa shape index (κ2) is 9.22. The average molecular weight is 426 g/mol. The fourth-order valence-corrected chi connectivity index (χ4v) is 3.77. The standard InChI is InChI=1S/C23H21ClFN3O2/c24-18-5-1-3-16(11-18)21-12-26-13-22(27-21)17-4-2-10-28(14-17)23(29)15-30-20-8-6-19(25)7-9-20/h1,3,5-9,11-13,17H,2,4,10,14-15H2/t17-/m0/s1. The lowest BCUT2D eigenvalue weighted by atomic mass is 9.94. The van der Waals surface area contributed by atoms with Crippen molar-refractivity contribution < 1.29 is 13.9 Å². The summed E-state index contributed by atoms with van der Waals surface area (Å²) in [5.41, 5.74) is 2.54. The number of aromatic nitrogens is 2. The van der Waals surface area contributed by atoms with Crippen LogP contribution in [-0.4, -0.2) is 40.5 Å². The van der Waals surface area contributed by atoms with Crippen molar-refractivity contribution in [1.82, 2.24) is 14.9 Å². The fraction of sp³-hybridized carbons (Fsp3) is 0.261. The lowest BCUT2D eigenvalue weighted by Crippen LogP contribution is -2.41. The van der Waals surface area contributed by atoms with Gasteiger partial charge in [0, 0.05) is 35.8 Å². The van der Waals surface area contributed by atoms with Crippen LogP contribution in [0.4, 0.5) is 4.39 Å². The van der Waals surface area contributed by atoms with Crippen molar-refractivity contribution in [1.29, 1.82) is 0 Å². The molecule has 1 saturated heterocycles. The number of rotatable bonds is 5. The Kier molecular flexibility index (Phi) is 6.23. The number of likely N-dealkylation sites (tertiary alicyclic amines) is 1. The van der Waals surface area contributed by atoms with E-state index in [9.17, 15) is 9.18 Å². The summed E-state index contributed by atoms with van der Waals surface area (Å²) in [7, 11) is 0. The summed E-state index contributed by atoms with van der Waals surface area (Å²) in [6.07, 6.45) is 5.31. The minimum Gasteiger partial charge on any atom is -0.484 e. The highest BCUT2D eigenvalue weighted by molar-refractivity contribution is 6.30. The Morgan fingerprint density at radius 3 is 2.83 bits per heavy atom. The Bertz CT molecular complexity index is 1030. The molecule has 1 aliphatic heterocycles. The van der Waals surface area contributed by atoms with Crippen molar-refractivity contribution in [3.05, 3.63) is 77.5 Å². The number of piperidine rings is 1. The molecule has 0 spiro atoms. The highest BCUT2D eigenvalue weighted by atomic mass is 35.5. The Balaban J connectivity index is 1.41. The number of halogens is 2. The smallest absolute Gasteiger partial charge is 0.260 e. The van der Waals surface area contributed by atoms with Crippen LogP contribution in [0.15, 0.2) is 60.9 Å². The van der Waals surface area contributed by atoms with Gasteiger partial charge in [-0.25, -0.2) is 9.37 Å². The van der Waals surface area contributed by atoms with Gasteiger partial charge in [-0.05, 0) is 49.2 Å². The molecule has 3 aromatic rings. The lowest BCUT2D eigenvalue weighted by molar-refractivity contribution is -0.134. The Hall–Kier alpha value is -2.99. The van der Waals surface area contributed by atoms with Crippen molar-refractivity contribution >= 4 is 17.5 Å². The molecule has 2 heterocycles. The van der Waals surface area contributed by atoms with Crippen molar-refractivity contribution in [2.24, 2.45) is 0 Å². The second-order valence-electron chi connectivity index (χ2n) is 7.26. The first-order valence-corrected chi connectivity index (χ1v) is 10.2. The number of carbonyl (C=O) groups is 1. The average Bonchev–Trinajstić information content (AvgIpc) is 2.79. The molecule has 7 heteroatoms. The number of nitrogens with zero attached hydrogens (tertiary/aromatic N) is 3. The topological polar surface area (TPSA) is 55.3 Å². The van der Waals surface area contributed by atoms with Gasteiger partial charge in [0.25, 0.3) is 5.91 Å². The molecule has 0 saturated carbocycles. The molecule has 30 heavy (non-hydrogen) atoms. The van der Waals surface area contributed by atoms with Gasteiger partial charge in [-0.1, -0.05) is 23.7 Å². The molecule has 1 fully saturated rings. The third kappa shape index (κ3) is 4.94. The van der Waals surface area contributed by atoms with E-state index in [0.29, 0.717) is 23.9 Å². The van der Waals surface area contributed by atoms with Crippen LogP contribution in [0.2, 0.25) is 5.02 Å². The van der Waals surface area contributed by atoms with Crippen LogP contribution in [0.25, 0.3) is 11.3 Å². The SMILES string of the molecule is O=C(COc1ccc(F)cc1)N1CCC[C@H](c2cncc(-c3cccc(Cl)c3)n2)C1. The lowest BCUT2D eigenvalue weighted by Gasteiger charge is -2.32. The van der Waals surface area contributed by atoms with Gasteiger partial charge in [0.05, 0.1) is 17.6 Å². The first-order chi connectivity index (χ1) is 14.6. The van der Waals surface area contributed by atoms with Crippen LogP contribution in [0, 0.1) is 5.82 Å². The third-order valence-electron chi connectivity index (χ3n) is 5.14. The molecule has 4 rings (SSSR count). The van der Waals surface area contributed by atoms with E-state index in [1.165, 1.54) is 24.3 Å². The zero-order valence-electron chi connectivity index (χ0n) is 16.3. The maximum Gasteiger partial charge on any atom is 0.260 e. The quantitative estimate of drug-likeness (QED) is 0.593. The van der Waals surface area contributed by atoms with Gasteiger partial charge in [0.15, 0.2) is 6.61 Å². The molecule has 154 valence electrons. The minimum absolute atomic E-state index is 0.0768. The van der Waals surface area contributed by atoms with Crippen LogP contribution < -0.4 is 4.74 Å². The molecule has 0 unspecified atom stereocenters. The molecule has 0 N–H and O–H groups in total. The summed E-state index contributed by atoms with van der Waals surface area (Å²) in [6.45, 7) is 1.18. The first-order valence-electron chi connectivity index (χ1n) is 9.82. The summed E-state index contributed by atoms with van der Waals surface area (Å²) in [5.74, 6) is 0.148. The monoisotopic (exact) mass is 425 g/mol. The predicted molar refractivity (Wildman–Crippen MR) is 113 cm³/mol.